The van der Waals surface area contributed by atoms with Gasteiger partial charge in [0.2, 0.25) is 0 Å². The molecule has 1 saturated heterocycles. The van der Waals surface area contributed by atoms with Crippen molar-refractivity contribution in [2.75, 3.05) is 25.1 Å². The van der Waals surface area contributed by atoms with Gasteiger partial charge in [0, 0.05) is 32.4 Å². The Morgan fingerprint density at radius 2 is 2.19 bits per heavy atom. The second-order valence-electron chi connectivity index (χ2n) is 7.30. The van der Waals surface area contributed by atoms with Gasteiger partial charge in [0.05, 0.1) is 18.9 Å². The molecule has 0 bridgehead atoms. The Balaban J connectivity index is 0.00000306. The summed E-state index contributed by atoms with van der Waals surface area (Å²) in [7, 11) is 0. The number of anilines is 1. The summed E-state index contributed by atoms with van der Waals surface area (Å²) in [6, 6.07) is 4.59. The minimum Gasteiger partial charge on any atom is -0.491 e. The lowest BCUT2D eigenvalue weighted by molar-refractivity contribution is -0.141. The van der Waals surface area contributed by atoms with Gasteiger partial charge in [0.15, 0.2) is 0 Å². The smallest absolute Gasteiger partial charge is 0.433 e. The van der Waals surface area contributed by atoms with Crippen molar-refractivity contribution in [3.8, 4) is 5.75 Å². The van der Waals surface area contributed by atoms with E-state index in [0.29, 0.717) is 25.3 Å². The SMILES string of the molecule is CCOc1cc2nc(C(F)[C@H]3CCOC3)cn2cc1NC(=O)c1cccc(C(F)(F)F)n1.[HH]. The number of nitrogens with zero attached hydrogens (tertiary/aromatic N) is 3. The Bertz CT molecular complexity index is 1130. The molecule has 3 aromatic rings. The second-order valence-corrected chi connectivity index (χ2v) is 7.30. The number of rotatable bonds is 6. The van der Waals surface area contributed by atoms with Crippen molar-refractivity contribution in [3.05, 3.63) is 53.7 Å². The van der Waals surface area contributed by atoms with E-state index in [1.54, 1.807) is 6.92 Å². The number of carbonyl (C=O) groups is 1. The fourth-order valence-corrected chi connectivity index (χ4v) is 3.47. The molecule has 1 aliphatic heterocycles. The van der Waals surface area contributed by atoms with Crippen molar-refractivity contribution in [2.45, 2.75) is 25.7 Å². The summed E-state index contributed by atoms with van der Waals surface area (Å²) in [5, 5.41) is 2.52. The van der Waals surface area contributed by atoms with Crippen molar-refractivity contribution < 1.29 is 33.3 Å². The first kappa shape index (κ1) is 22.0. The van der Waals surface area contributed by atoms with Crippen molar-refractivity contribution in [1.82, 2.24) is 14.4 Å². The van der Waals surface area contributed by atoms with E-state index in [0.717, 1.165) is 12.1 Å². The number of hydrogen-bond acceptors (Lipinski definition) is 5. The molecular weight excluding hydrogens is 432 g/mol. The number of pyridine rings is 2. The first-order chi connectivity index (χ1) is 15.3. The highest BCUT2D eigenvalue weighted by atomic mass is 19.4. The standard InChI is InChI=1S/C21H20F4N4O3.H2/c1-2-32-16-8-18-27-15(19(22)12-6-7-31-11-12)10-29(18)9-14(16)28-20(30)13-4-3-5-17(26-13)21(23,24)25;/h3-5,8-10,12,19H,2,6-7,11H2,1H3,(H,28,30);1H/t12-,19?;/m0./s1. The number of alkyl halides is 4. The van der Waals surface area contributed by atoms with Gasteiger partial charge in [-0.15, -0.1) is 0 Å². The van der Waals surface area contributed by atoms with Crippen LogP contribution in [0.2, 0.25) is 0 Å². The van der Waals surface area contributed by atoms with Gasteiger partial charge in [0.25, 0.3) is 5.91 Å². The Hall–Kier alpha value is -3.21. The van der Waals surface area contributed by atoms with E-state index in [4.69, 9.17) is 9.47 Å². The van der Waals surface area contributed by atoms with E-state index >= 15 is 0 Å². The molecule has 1 unspecified atom stereocenters. The normalized spacial score (nSPS) is 17.5. The largest absolute Gasteiger partial charge is 0.491 e. The zero-order valence-corrected chi connectivity index (χ0v) is 17.0. The minimum atomic E-state index is -4.67. The van der Waals surface area contributed by atoms with E-state index in [1.807, 2.05) is 0 Å². The molecule has 4 heterocycles. The molecule has 0 spiro atoms. The summed E-state index contributed by atoms with van der Waals surface area (Å²) in [5.74, 6) is -0.877. The quantitative estimate of drug-likeness (QED) is 0.547. The van der Waals surface area contributed by atoms with Gasteiger partial charge < -0.3 is 19.2 Å². The fraction of sp³-hybridized carbons (Fsp3) is 0.381. The number of fused-ring (bicyclic) bond motifs is 1. The maximum Gasteiger partial charge on any atom is 0.433 e. The van der Waals surface area contributed by atoms with Crippen LogP contribution >= 0.6 is 0 Å². The van der Waals surface area contributed by atoms with Crippen LogP contribution in [0.3, 0.4) is 0 Å². The summed E-state index contributed by atoms with van der Waals surface area (Å²) in [6.45, 7) is 2.83. The molecule has 0 aromatic carbocycles. The number of halogens is 4. The molecule has 172 valence electrons. The monoisotopic (exact) mass is 454 g/mol. The summed E-state index contributed by atoms with van der Waals surface area (Å²) >= 11 is 0. The zero-order valence-electron chi connectivity index (χ0n) is 17.0. The van der Waals surface area contributed by atoms with Crippen molar-refractivity contribution >= 4 is 17.2 Å². The Kier molecular flexibility index (Phi) is 6.00. The number of aromatic nitrogens is 3. The molecule has 1 fully saturated rings. The lowest BCUT2D eigenvalue weighted by Crippen LogP contribution is -2.17. The van der Waals surface area contributed by atoms with Gasteiger partial charge >= 0.3 is 6.18 Å². The summed E-state index contributed by atoms with van der Waals surface area (Å²) in [6.07, 6.45) is -2.40. The number of ether oxygens (including phenoxy) is 2. The molecule has 32 heavy (non-hydrogen) atoms. The lowest BCUT2D eigenvalue weighted by Gasteiger charge is -2.12. The first-order valence-electron chi connectivity index (χ1n) is 9.99. The highest BCUT2D eigenvalue weighted by Crippen LogP contribution is 2.34. The zero-order chi connectivity index (χ0) is 22.9. The molecule has 0 aliphatic carbocycles. The number of imidazole rings is 1. The van der Waals surface area contributed by atoms with Gasteiger partial charge in [-0.3, -0.25) is 4.79 Å². The van der Waals surface area contributed by atoms with Crippen LogP contribution in [0.1, 0.15) is 42.8 Å². The summed E-state index contributed by atoms with van der Waals surface area (Å²) in [5.41, 5.74) is -0.758. The predicted molar refractivity (Wildman–Crippen MR) is 108 cm³/mol. The van der Waals surface area contributed by atoms with Gasteiger partial charge in [-0.25, -0.2) is 14.4 Å². The lowest BCUT2D eigenvalue weighted by atomic mass is 10.0. The molecule has 4 rings (SSSR count). The van der Waals surface area contributed by atoms with Crippen LogP contribution in [0.25, 0.3) is 5.65 Å². The number of nitrogens with one attached hydrogen (secondary N) is 1. The third-order valence-electron chi connectivity index (χ3n) is 5.05. The molecule has 11 heteroatoms. The predicted octanol–water partition coefficient (Wildman–Crippen LogP) is 4.69. The third kappa shape index (κ3) is 4.52. The van der Waals surface area contributed by atoms with E-state index < -0.39 is 29.6 Å². The molecule has 0 radical (unpaired) electrons. The van der Waals surface area contributed by atoms with Gasteiger partial charge in [-0.1, -0.05) is 6.07 Å². The average molecular weight is 454 g/mol. The van der Waals surface area contributed by atoms with Crippen LogP contribution < -0.4 is 10.1 Å². The highest BCUT2D eigenvalue weighted by molar-refractivity contribution is 6.03. The molecule has 1 N–H and O–H groups in total. The van der Waals surface area contributed by atoms with Crippen molar-refractivity contribution in [2.24, 2.45) is 5.92 Å². The van der Waals surface area contributed by atoms with Crippen molar-refractivity contribution in [1.29, 1.82) is 0 Å². The van der Waals surface area contributed by atoms with Crippen LogP contribution in [0, 0.1) is 5.92 Å². The average Bonchev–Trinajstić information content (AvgIpc) is 3.43. The third-order valence-corrected chi connectivity index (χ3v) is 5.05. The maximum absolute atomic E-state index is 14.8. The summed E-state index contributed by atoms with van der Waals surface area (Å²) < 4.78 is 65.9. The van der Waals surface area contributed by atoms with Gasteiger partial charge in [-0.05, 0) is 25.5 Å². The van der Waals surface area contributed by atoms with Crippen LogP contribution in [-0.2, 0) is 10.9 Å². The highest BCUT2D eigenvalue weighted by Gasteiger charge is 2.33. The van der Waals surface area contributed by atoms with Crippen LogP contribution in [0.15, 0.2) is 36.7 Å². The number of carbonyl (C=O) groups excluding carboxylic acids is 1. The number of amides is 1. The number of hydrogen-bond donors (Lipinski definition) is 1. The molecule has 2 atom stereocenters. The Morgan fingerprint density at radius 3 is 2.88 bits per heavy atom. The van der Waals surface area contributed by atoms with E-state index in [2.05, 4.69) is 15.3 Å². The Labute approximate surface area is 181 Å². The topological polar surface area (TPSA) is 77.8 Å². The van der Waals surface area contributed by atoms with Crippen LogP contribution in [0.4, 0.5) is 23.2 Å². The molecule has 7 nitrogen and oxygen atoms in total. The Morgan fingerprint density at radius 1 is 1.38 bits per heavy atom. The molecule has 3 aromatic heterocycles. The second kappa shape index (κ2) is 8.73. The van der Waals surface area contributed by atoms with Crippen molar-refractivity contribution in [3.63, 3.8) is 0 Å². The molecule has 1 amide bonds. The molecular formula is C21H22F4N4O3. The van der Waals surface area contributed by atoms with Gasteiger partial charge in [-0.2, -0.15) is 13.2 Å². The minimum absolute atomic E-state index is 0. The fourth-order valence-electron chi connectivity index (χ4n) is 3.47. The maximum atomic E-state index is 14.8. The molecule has 1 aliphatic rings. The molecule has 0 saturated carbocycles. The van der Waals surface area contributed by atoms with Crippen LogP contribution in [-0.4, -0.2) is 40.1 Å². The van der Waals surface area contributed by atoms with E-state index in [-0.39, 0.29) is 31.1 Å². The first-order valence-corrected chi connectivity index (χ1v) is 9.99. The summed E-state index contributed by atoms with van der Waals surface area (Å²) in [4.78, 5) is 20.3. The van der Waals surface area contributed by atoms with E-state index in [1.165, 1.54) is 28.9 Å². The van der Waals surface area contributed by atoms with Crippen LogP contribution in [0.5, 0.6) is 5.75 Å². The van der Waals surface area contributed by atoms with Gasteiger partial charge in [0.1, 0.15) is 34.6 Å². The van der Waals surface area contributed by atoms with E-state index in [9.17, 15) is 22.4 Å².